The summed E-state index contributed by atoms with van der Waals surface area (Å²) in [6.07, 6.45) is 9.15. The molecule has 2 aliphatic rings. The van der Waals surface area contributed by atoms with Crippen LogP contribution in [0.2, 0.25) is 0 Å². The van der Waals surface area contributed by atoms with Crippen LogP contribution in [0.3, 0.4) is 0 Å². The molecule has 0 saturated carbocycles. The van der Waals surface area contributed by atoms with Crippen molar-refractivity contribution < 1.29 is 4.79 Å². The highest BCUT2D eigenvalue weighted by molar-refractivity contribution is 5.96. The number of aryl methyl sites for hydroxylation is 2. The second-order valence-electron chi connectivity index (χ2n) is 8.54. The minimum absolute atomic E-state index is 0.140. The minimum Gasteiger partial charge on any atom is -0.339 e. The monoisotopic (exact) mass is 428 g/mol. The number of hydrogen-bond acceptors (Lipinski definition) is 6. The van der Waals surface area contributed by atoms with Crippen molar-refractivity contribution in [2.24, 2.45) is 0 Å². The molecule has 1 amide bonds. The molecule has 1 atom stereocenters. The molecule has 5 rings (SSSR count). The van der Waals surface area contributed by atoms with Gasteiger partial charge in [-0.3, -0.25) is 19.7 Å². The maximum absolute atomic E-state index is 13.3. The summed E-state index contributed by atoms with van der Waals surface area (Å²) < 4.78 is 0. The maximum atomic E-state index is 13.3. The molecule has 7 nitrogen and oxygen atoms in total. The summed E-state index contributed by atoms with van der Waals surface area (Å²) in [5.74, 6) is 0.876. The number of hydrogen-bond donors (Lipinski definition) is 1. The number of pyridine rings is 1. The molecule has 0 spiro atoms. The fraction of sp³-hybridized carbons (Fsp3) is 0.360. The van der Waals surface area contributed by atoms with Gasteiger partial charge >= 0.3 is 0 Å². The highest BCUT2D eigenvalue weighted by atomic mass is 16.2. The number of para-hydroxylation sites is 1. The average Bonchev–Trinajstić information content (AvgIpc) is 3.27. The van der Waals surface area contributed by atoms with Crippen LogP contribution in [0.25, 0.3) is 0 Å². The Kier molecular flexibility index (Phi) is 5.81. The Balaban J connectivity index is 1.33. The van der Waals surface area contributed by atoms with Crippen LogP contribution in [0.15, 0.2) is 55.0 Å². The molecular weight excluding hydrogens is 400 g/mol. The molecule has 0 radical (unpaired) electrons. The van der Waals surface area contributed by atoms with Gasteiger partial charge in [0.2, 0.25) is 5.91 Å². The Labute approximate surface area is 188 Å². The number of carbonyl (C=O) groups is 1. The number of benzene rings is 1. The SMILES string of the molecule is Cc1cc(Nc2cnccn2)cc(C2CCCN2CC(=O)N2CCCc3ccccc32)n1. The molecule has 32 heavy (non-hydrogen) atoms. The number of carbonyl (C=O) groups excluding carboxylic acids is 1. The number of amides is 1. The quantitative estimate of drug-likeness (QED) is 0.661. The number of likely N-dealkylation sites (tertiary alicyclic amines) is 1. The van der Waals surface area contributed by atoms with Gasteiger partial charge in [-0.2, -0.15) is 0 Å². The van der Waals surface area contributed by atoms with Gasteiger partial charge in [0.1, 0.15) is 5.82 Å². The van der Waals surface area contributed by atoms with Gasteiger partial charge in [0.15, 0.2) is 0 Å². The molecule has 1 N–H and O–H groups in total. The van der Waals surface area contributed by atoms with Crippen molar-refractivity contribution in [1.82, 2.24) is 19.9 Å². The predicted molar refractivity (Wildman–Crippen MR) is 125 cm³/mol. The van der Waals surface area contributed by atoms with Gasteiger partial charge in [0.25, 0.3) is 0 Å². The van der Waals surface area contributed by atoms with E-state index < -0.39 is 0 Å². The second kappa shape index (κ2) is 9.04. The molecule has 4 heterocycles. The molecule has 0 aliphatic carbocycles. The van der Waals surface area contributed by atoms with Gasteiger partial charge in [0, 0.05) is 36.0 Å². The molecular formula is C25H28N6O. The van der Waals surface area contributed by atoms with E-state index in [4.69, 9.17) is 4.98 Å². The van der Waals surface area contributed by atoms with Crippen molar-refractivity contribution in [3.8, 4) is 0 Å². The highest BCUT2D eigenvalue weighted by Gasteiger charge is 2.31. The van der Waals surface area contributed by atoms with Crippen molar-refractivity contribution in [2.75, 3.05) is 29.9 Å². The molecule has 1 fully saturated rings. The van der Waals surface area contributed by atoms with Gasteiger partial charge < -0.3 is 10.2 Å². The third kappa shape index (κ3) is 4.34. The van der Waals surface area contributed by atoms with E-state index in [2.05, 4.69) is 44.5 Å². The zero-order valence-corrected chi connectivity index (χ0v) is 18.4. The predicted octanol–water partition coefficient (Wildman–Crippen LogP) is 4.04. The first-order valence-electron chi connectivity index (χ1n) is 11.3. The van der Waals surface area contributed by atoms with Crippen LogP contribution in [0.5, 0.6) is 0 Å². The average molecular weight is 429 g/mol. The summed E-state index contributed by atoms with van der Waals surface area (Å²) in [5, 5.41) is 3.32. The summed E-state index contributed by atoms with van der Waals surface area (Å²) in [5.41, 5.74) is 5.22. The Hall–Kier alpha value is -3.32. The molecule has 1 aromatic carbocycles. The zero-order chi connectivity index (χ0) is 21.9. The third-order valence-corrected chi connectivity index (χ3v) is 6.26. The van der Waals surface area contributed by atoms with E-state index in [0.717, 1.165) is 61.5 Å². The van der Waals surface area contributed by atoms with E-state index in [9.17, 15) is 4.79 Å². The Bertz CT molecular complexity index is 1100. The normalized spacial score (nSPS) is 18.4. The van der Waals surface area contributed by atoms with Crippen LogP contribution in [0.4, 0.5) is 17.2 Å². The van der Waals surface area contributed by atoms with Crippen LogP contribution in [0, 0.1) is 6.92 Å². The summed E-state index contributed by atoms with van der Waals surface area (Å²) in [7, 11) is 0. The lowest BCUT2D eigenvalue weighted by atomic mass is 10.0. The first kappa shape index (κ1) is 20.6. The van der Waals surface area contributed by atoms with Crippen molar-refractivity contribution in [3.05, 3.63) is 71.9 Å². The van der Waals surface area contributed by atoms with E-state index >= 15 is 0 Å². The Morgan fingerprint density at radius 1 is 1.16 bits per heavy atom. The number of fused-ring (bicyclic) bond motifs is 1. The van der Waals surface area contributed by atoms with Gasteiger partial charge in [-0.05, 0) is 62.9 Å². The van der Waals surface area contributed by atoms with Crippen molar-refractivity contribution >= 4 is 23.1 Å². The Morgan fingerprint density at radius 3 is 2.94 bits per heavy atom. The van der Waals surface area contributed by atoms with E-state index in [1.54, 1.807) is 18.6 Å². The Morgan fingerprint density at radius 2 is 2.06 bits per heavy atom. The zero-order valence-electron chi connectivity index (χ0n) is 18.4. The topological polar surface area (TPSA) is 74.2 Å². The molecule has 164 valence electrons. The maximum Gasteiger partial charge on any atom is 0.241 e. The fourth-order valence-corrected chi connectivity index (χ4v) is 4.85. The van der Waals surface area contributed by atoms with E-state index in [-0.39, 0.29) is 11.9 Å². The smallest absolute Gasteiger partial charge is 0.241 e. The van der Waals surface area contributed by atoms with Gasteiger partial charge in [0.05, 0.1) is 24.5 Å². The summed E-state index contributed by atoms with van der Waals surface area (Å²) >= 11 is 0. The summed E-state index contributed by atoms with van der Waals surface area (Å²) in [6.45, 7) is 4.12. The van der Waals surface area contributed by atoms with Gasteiger partial charge in [-0.15, -0.1) is 0 Å². The van der Waals surface area contributed by atoms with E-state index in [1.165, 1.54) is 5.56 Å². The molecule has 2 aliphatic heterocycles. The number of nitrogens with zero attached hydrogens (tertiary/aromatic N) is 5. The molecule has 1 unspecified atom stereocenters. The standard InChI is InChI=1S/C25H28N6O/c1-18-14-20(29-24-16-26-10-11-27-24)15-21(28-18)23-9-5-12-30(23)17-25(32)31-13-4-7-19-6-2-3-8-22(19)31/h2-3,6,8,10-11,14-16,23H,4-5,7,9,12-13,17H2,1H3,(H,27,28,29). The molecule has 2 aromatic heterocycles. The van der Waals surface area contributed by atoms with Crippen molar-refractivity contribution in [2.45, 2.75) is 38.6 Å². The molecule has 0 bridgehead atoms. The number of anilines is 3. The number of aromatic nitrogens is 3. The van der Waals surface area contributed by atoms with Gasteiger partial charge in [-0.1, -0.05) is 18.2 Å². The number of rotatable bonds is 5. The first-order chi connectivity index (χ1) is 15.7. The largest absolute Gasteiger partial charge is 0.339 e. The van der Waals surface area contributed by atoms with Crippen LogP contribution >= 0.6 is 0 Å². The van der Waals surface area contributed by atoms with E-state index in [0.29, 0.717) is 12.4 Å². The lowest BCUT2D eigenvalue weighted by Gasteiger charge is -2.32. The summed E-state index contributed by atoms with van der Waals surface area (Å²) in [6, 6.07) is 12.5. The van der Waals surface area contributed by atoms with Crippen molar-refractivity contribution in [1.29, 1.82) is 0 Å². The lowest BCUT2D eigenvalue weighted by Crippen LogP contribution is -2.42. The van der Waals surface area contributed by atoms with Crippen molar-refractivity contribution in [3.63, 3.8) is 0 Å². The number of nitrogens with one attached hydrogen (secondary N) is 1. The van der Waals surface area contributed by atoms with Crippen LogP contribution in [-0.4, -0.2) is 45.4 Å². The van der Waals surface area contributed by atoms with Crippen LogP contribution < -0.4 is 10.2 Å². The molecule has 1 saturated heterocycles. The van der Waals surface area contributed by atoms with E-state index in [1.807, 2.05) is 24.0 Å². The fourth-order valence-electron chi connectivity index (χ4n) is 4.85. The second-order valence-corrected chi connectivity index (χ2v) is 8.54. The first-order valence-corrected chi connectivity index (χ1v) is 11.3. The highest BCUT2D eigenvalue weighted by Crippen LogP contribution is 2.33. The minimum atomic E-state index is 0.140. The molecule has 7 heteroatoms. The van der Waals surface area contributed by atoms with Crippen LogP contribution in [-0.2, 0) is 11.2 Å². The lowest BCUT2D eigenvalue weighted by molar-refractivity contribution is -0.120. The van der Waals surface area contributed by atoms with Crippen LogP contribution in [0.1, 0.15) is 42.3 Å². The third-order valence-electron chi connectivity index (χ3n) is 6.26. The summed E-state index contributed by atoms with van der Waals surface area (Å²) in [4.78, 5) is 30.8. The van der Waals surface area contributed by atoms with Gasteiger partial charge in [-0.25, -0.2) is 4.98 Å². The molecule has 3 aromatic rings.